The standard InChI is InChI=1S/C17H19N3O/c21-17(15-6-8-18-9-7-15)20-11-10-19-16(13-20)12-14-4-2-1-3-5-14/h1-9,16,19H,10-13H2. The van der Waals surface area contributed by atoms with Crippen molar-refractivity contribution in [2.45, 2.75) is 12.5 Å². The number of rotatable bonds is 3. The summed E-state index contributed by atoms with van der Waals surface area (Å²) in [5.74, 6) is 0.0944. The Labute approximate surface area is 124 Å². The van der Waals surface area contributed by atoms with Crippen LogP contribution in [0.2, 0.25) is 0 Å². The van der Waals surface area contributed by atoms with E-state index in [9.17, 15) is 4.79 Å². The molecule has 0 aliphatic carbocycles. The summed E-state index contributed by atoms with van der Waals surface area (Å²) in [5, 5.41) is 3.50. The maximum Gasteiger partial charge on any atom is 0.254 e. The first kappa shape index (κ1) is 13.8. The number of carbonyl (C=O) groups is 1. The molecule has 1 amide bonds. The molecule has 0 saturated carbocycles. The van der Waals surface area contributed by atoms with Gasteiger partial charge in [-0.25, -0.2) is 0 Å². The number of hydrogen-bond donors (Lipinski definition) is 1. The minimum atomic E-state index is 0.0944. The first-order chi connectivity index (χ1) is 10.3. The Kier molecular flexibility index (Phi) is 4.26. The highest BCUT2D eigenvalue weighted by Crippen LogP contribution is 2.10. The highest BCUT2D eigenvalue weighted by atomic mass is 16.2. The molecule has 0 bridgehead atoms. The van der Waals surface area contributed by atoms with Crippen LogP contribution in [0.5, 0.6) is 0 Å². The van der Waals surface area contributed by atoms with Crippen molar-refractivity contribution >= 4 is 5.91 Å². The zero-order valence-corrected chi connectivity index (χ0v) is 11.9. The zero-order chi connectivity index (χ0) is 14.5. The molecule has 21 heavy (non-hydrogen) atoms. The Morgan fingerprint density at radius 3 is 2.71 bits per heavy atom. The second kappa shape index (κ2) is 6.50. The fraction of sp³-hybridized carbons (Fsp3) is 0.294. The van der Waals surface area contributed by atoms with Crippen molar-refractivity contribution in [2.75, 3.05) is 19.6 Å². The molecular weight excluding hydrogens is 262 g/mol. The monoisotopic (exact) mass is 281 g/mol. The number of hydrogen-bond acceptors (Lipinski definition) is 3. The smallest absolute Gasteiger partial charge is 0.254 e. The third-order valence-electron chi connectivity index (χ3n) is 3.79. The van der Waals surface area contributed by atoms with Crippen LogP contribution in [0, 0.1) is 0 Å². The Bertz CT molecular complexity index is 585. The van der Waals surface area contributed by atoms with Gasteiger partial charge < -0.3 is 10.2 Å². The van der Waals surface area contributed by atoms with E-state index in [-0.39, 0.29) is 5.91 Å². The molecule has 1 saturated heterocycles. The van der Waals surface area contributed by atoms with Crippen molar-refractivity contribution < 1.29 is 4.79 Å². The predicted octanol–water partition coefficient (Wildman–Crippen LogP) is 1.74. The van der Waals surface area contributed by atoms with Crippen LogP contribution in [0.3, 0.4) is 0 Å². The minimum Gasteiger partial charge on any atom is -0.336 e. The molecule has 1 unspecified atom stereocenters. The number of benzene rings is 1. The topological polar surface area (TPSA) is 45.2 Å². The van der Waals surface area contributed by atoms with Crippen molar-refractivity contribution in [3.63, 3.8) is 0 Å². The van der Waals surface area contributed by atoms with Gasteiger partial charge in [0.05, 0.1) is 0 Å². The van der Waals surface area contributed by atoms with E-state index < -0.39 is 0 Å². The maximum atomic E-state index is 12.5. The lowest BCUT2D eigenvalue weighted by atomic mass is 10.0. The molecule has 2 aromatic rings. The lowest BCUT2D eigenvalue weighted by molar-refractivity contribution is 0.0703. The van der Waals surface area contributed by atoms with Crippen LogP contribution in [-0.2, 0) is 6.42 Å². The average Bonchev–Trinajstić information content (AvgIpc) is 2.56. The van der Waals surface area contributed by atoms with Crippen LogP contribution in [-0.4, -0.2) is 41.5 Å². The van der Waals surface area contributed by atoms with E-state index in [1.54, 1.807) is 24.5 Å². The lowest BCUT2D eigenvalue weighted by Crippen LogP contribution is -2.53. The van der Waals surface area contributed by atoms with Crippen LogP contribution in [0.25, 0.3) is 0 Å². The van der Waals surface area contributed by atoms with Crippen molar-refractivity contribution in [2.24, 2.45) is 0 Å². The summed E-state index contributed by atoms with van der Waals surface area (Å²) in [6.45, 7) is 2.34. The summed E-state index contributed by atoms with van der Waals surface area (Å²) in [6.07, 6.45) is 4.27. The van der Waals surface area contributed by atoms with Crippen LogP contribution in [0.4, 0.5) is 0 Å². The summed E-state index contributed by atoms with van der Waals surface area (Å²) in [4.78, 5) is 18.4. The molecule has 2 heterocycles. The van der Waals surface area contributed by atoms with Gasteiger partial charge in [-0.05, 0) is 24.1 Å². The van der Waals surface area contributed by atoms with Gasteiger partial charge in [-0.2, -0.15) is 0 Å². The van der Waals surface area contributed by atoms with Gasteiger partial charge >= 0.3 is 0 Å². The van der Waals surface area contributed by atoms with Crippen LogP contribution in [0.15, 0.2) is 54.9 Å². The lowest BCUT2D eigenvalue weighted by Gasteiger charge is -2.34. The second-order valence-electron chi connectivity index (χ2n) is 5.33. The van der Waals surface area contributed by atoms with E-state index in [0.29, 0.717) is 11.6 Å². The fourth-order valence-electron chi connectivity index (χ4n) is 2.72. The predicted molar refractivity (Wildman–Crippen MR) is 82.1 cm³/mol. The number of piperazine rings is 1. The van der Waals surface area contributed by atoms with Crippen molar-refractivity contribution in [1.29, 1.82) is 0 Å². The molecule has 4 nitrogen and oxygen atoms in total. The summed E-state index contributed by atoms with van der Waals surface area (Å²) in [5.41, 5.74) is 2.01. The summed E-state index contributed by atoms with van der Waals surface area (Å²) < 4.78 is 0. The van der Waals surface area contributed by atoms with Gasteiger partial charge in [-0.3, -0.25) is 9.78 Å². The Balaban J connectivity index is 1.64. The molecule has 0 radical (unpaired) electrons. The highest BCUT2D eigenvalue weighted by molar-refractivity contribution is 5.94. The third kappa shape index (κ3) is 3.47. The SMILES string of the molecule is O=C(c1ccncc1)N1CCNC(Cc2ccccc2)C1. The molecule has 1 fully saturated rings. The number of amides is 1. The normalized spacial score (nSPS) is 18.5. The molecule has 1 aromatic heterocycles. The Morgan fingerprint density at radius 2 is 1.95 bits per heavy atom. The van der Waals surface area contributed by atoms with E-state index >= 15 is 0 Å². The number of aromatic nitrogens is 1. The summed E-state index contributed by atoms with van der Waals surface area (Å²) >= 11 is 0. The van der Waals surface area contributed by atoms with E-state index in [1.807, 2.05) is 11.0 Å². The van der Waals surface area contributed by atoms with Gasteiger partial charge in [0.1, 0.15) is 0 Å². The van der Waals surface area contributed by atoms with Gasteiger partial charge in [0.2, 0.25) is 0 Å². The quantitative estimate of drug-likeness (QED) is 0.932. The van der Waals surface area contributed by atoms with Gasteiger partial charge in [0, 0.05) is 43.6 Å². The summed E-state index contributed by atoms with van der Waals surface area (Å²) in [7, 11) is 0. The molecule has 1 atom stereocenters. The summed E-state index contributed by atoms with van der Waals surface area (Å²) in [6, 6.07) is 14.3. The van der Waals surface area contributed by atoms with Gasteiger partial charge in [-0.15, -0.1) is 0 Å². The molecule has 3 rings (SSSR count). The molecular formula is C17H19N3O. The van der Waals surface area contributed by atoms with Crippen molar-refractivity contribution in [1.82, 2.24) is 15.2 Å². The number of nitrogens with one attached hydrogen (secondary N) is 1. The fourth-order valence-corrected chi connectivity index (χ4v) is 2.72. The van der Waals surface area contributed by atoms with Crippen LogP contribution >= 0.6 is 0 Å². The Morgan fingerprint density at radius 1 is 1.19 bits per heavy atom. The van der Waals surface area contributed by atoms with Crippen LogP contribution in [0.1, 0.15) is 15.9 Å². The molecule has 108 valence electrons. The molecule has 4 heteroatoms. The van der Waals surface area contributed by atoms with Gasteiger partial charge in [-0.1, -0.05) is 30.3 Å². The molecule has 1 N–H and O–H groups in total. The van der Waals surface area contributed by atoms with E-state index in [2.05, 4.69) is 34.6 Å². The van der Waals surface area contributed by atoms with Crippen LogP contribution < -0.4 is 5.32 Å². The number of nitrogens with zero attached hydrogens (tertiary/aromatic N) is 2. The average molecular weight is 281 g/mol. The van der Waals surface area contributed by atoms with Crippen molar-refractivity contribution in [3.05, 3.63) is 66.0 Å². The van der Waals surface area contributed by atoms with E-state index in [1.165, 1.54) is 5.56 Å². The first-order valence-electron chi connectivity index (χ1n) is 7.29. The number of pyridine rings is 1. The van der Waals surface area contributed by atoms with E-state index in [4.69, 9.17) is 0 Å². The molecule has 1 aliphatic heterocycles. The molecule has 1 aromatic carbocycles. The minimum absolute atomic E-state index is 0.0944. The highest BCUT2D eigenvalue weighted by Gasteiger charge is 2.24. The first-order valence-corrected chi connectivity index (χ1v) is 7.29. The third-order valence-corrected chi connectivity index (χ3v) is 3.79. The Hall–Kier alpha value is -2.20. The largest absolute Gasteiger partial charge is 0.336 e. The molecule has 0 spiro atoms. The van der Waals surface area contributed by atoms with Crippen molar-refractivity contribution in [3.8, 4) is 0 Å². The maximum absolute atomic E-state index is 12.5. The molecule has 1 aliphatic rings. The number of carbonyl (C=O) groups excluding carboxylic acids is 1. The second-order valence-corrected chi connectivity index (χ2v) is 5.33. The zero-order valence-electron chi connectivity index (χ0n) is 11.9. The van der Waals surface area contributed by atoms with E-state index in [0.717, 1.165) is 26.1 Å². The van der Waals surface area contributed by atoms with Gasteiger partial charge in [0.15, 0.2) is 0 Å². The van der Waals surface area contributed by atoms with Gasteiger partial charge in [0.25, 0.3) is 5.91 Å².